The van der Waals surface area contributed by atoms with Crippen LogP contribution >= 0.6 is 11.3 Å². The van der Waals surface area contributed by atoms with E-state index >= 15 is 0 Å². The largest absolute Gasteiger partial charge is 0.397 e. The van der Waals surface area contributed by atoms with Gasteiger partial charge in [-0.1, -0.05) is 6.92 Å². The molecule has 1 aliphatic rings. The summed E-state index contributed by atoms with van der Waals surface area (Å²) in [4.78, 5) is 14.0. The van der Waals surface area contributed by atoms with Crippen LogP contribution in [0.2, 0.25) is 0 Å². The van der Waals surface area contributed by atoms with E-state index in [0.29, 0.717) is 16.6 Å². The summed E-state index contributed by atoms with van der Waals surface area (Å²) in [6.45, 7) is 5.35. The van der Waals surface area contributed by atoms with Crippen LogP contribution in [0.15, 0.2) is 6.07 Å². The molecule has 1 aliphatic heterocycles. The molecule has 0 aromatic carbocycles. The average molecular weight is 268 g/mol. The molecule has 1 saturated heterocycles. The van der Waals surface area contributed by atoms with Crippen LogP contribution in [0.25, 0.3) is 0 Å². The van der Waals surface area contributed by atoms with Crippen molar-refractivity contribution in [1.29, 1.82) is 0 Å². The first-order valence-electron chi connectivity index (χ1n) is 6.28. The molecule has 2 heterocycles. The van der Waals surface area contributed by atoms with Crippen molar-refractivity contribution < 1.29 is 4.79 Å². The Balaban J connectivity index is 1.94. The van der Waals surface area contributed by atoms with E-state index in [-0.39, 0.29) is 0 Å². The zero-order valence-electron chi connectivity index (χ0n) is 10.6. The maximum atomic E-state index is 11.1. The quantitative estimate of drug-likeness (QED) is 0.752. The third-order valence-electron chi connectivity index (χ3n) is 3.40. The van der Waals surface area contributed by atoms with Crippen LogP contribution in [-0.2, 0) is 0 Å². The summed E-state index contributed by atoms with van der Waals surface area (Å²) in [6.07, 6.45) is 2.49. The number of primary amides is 1. The van der Waals surface area contributed by atoms with Gasteiger partial charge >= 0.3 is 0 Å². The van der Waals surface area contributed by atoms with Crippen LogP contribution in [0, 0.1) is 0 Å². The monoisotopic (exact) mass is 268 g/mol. The second kappa shape index (κ2) is 5.58. The molecular formula is C12H20N4OS. The Hall–Kier alpha value is -1.27. The van der Waals surface area contributed by atoms with Crippen molar-refractivity contribution in [3.63, 3.8) is 0 Å². The third kappa shape index (κ3) is 2.76. The third-order valence-corrected chi connectivity index (χ3v) is 4.52. The smallest absolute Gasteiger partial charge is 0.260 e. The fourth-order valence-electron chi connectivity index (χ4n) is 2.45. The Morgan fingerprint density at radius 1 is 1.67 bits per heavy atom. The molecule has 0 spiro atoms. The SMILES string of the molecule is CCN1CCCC1CNc1cc(N)c(C(N)=O)s1. The van der Waals surface area contributed by atoms with Gasteiger partial charge in [-0.05, 0) is 32.0 Å². The molecule has 0 saturated carbocycles. The standard InChI is InChI=1S/C12H20N4OS/c1-2-16-5-3-4-8(16)7-15-10-6-9(13)11(18-10)12(14)17/h6,8,15H,2-5,7,13H2,1H3,(H2,14,17). The number of nitrogens with one attached hydrogen (secondary N) is 1. The van der Waals surface area contributed by atoms with Crippen LogP contribution in [0.1, 0.15) is 29.4 Å². The van der Waals surface area contributed by atoms with Crippen LogP contribution in [0.5, 0.6) is 0 Å². The number of likely N-dealkylation sites (N-methyl/N-ethyl adjacent to an activating group) is 1. The highest BCUT2D eigenvalue weighted by molar-refractivity contribution is 7.18. The summed E-state index contributed by atoms with van der Waals surface area (Å²) in [7, 11) is 0. The molecule has 2 rings (SSSR count). The van der Waals surface area contributed by atoms with Crippen molar-refractivity contribution in [3.05, 3.63) is 10.9 Å². The minimum atomic E-state index is -0.457. The van der Waals surface area contributed by atoms with Crippen molar-refractivity contribution in [3.8, 4) is 0 Å². The van der Waals surface area contributed by atoms with E-state index in [2.05, 4.69) is 17.1 Å². The first-order valence-corrected chi connectivity index (χ1v) is 7.10. The lowest BCUT2D eigenvalue weighted by Crippen LogP contribution is -2.34. The first-order chi connectivity index (χ1) is 8.61. The van der Waals surface area contributed by atoms with Crippen LogP contribution in [0.3, 0.4) is 0 Å². The van der Waals surface area contributed by atoms with E-state index in [0.717, 1.165) is 18.1 Å². The van der Waals surface area contributed by atoms with Crippen molar-refractivity contribution >= 4 is 27.9 Å². The van der Waals surface area contributed by atoms with Crippen LogP contribution in [0.4, 0.5) is 10.7 Å². The zero-order valence-corrected chi connectivity index (χ0v) is 11.4. The van der Waals surface area contributed by atoms with Crippen molar-refractivity contribution in [1.82, 2.24) is 4.90 Å². The van der Waals surface area contributed by atoms with Gasteiger partial charge in [0.1, 0.15) is 4.88 Å². The maximum Gasteiger partial charge on any atom is 0.260 e. The summed E-state index contributed by atoms with van der Waals surface area (Å²) in [5, 5.41) is 4.28. The molecule has 0 bridgehead atoms. The molecule has 1 fully saturated rings. The van der Waals surface area contributed by atoms with Gasteiger partial charge < -0.3 is 16.8 Å². The Morgan fingerprint density at radius 3 is 3.06 bits per heavy atom. The number of hydrogen-bond acceptors (Lipinski definition) is 5. The number of rotatable bonds is 5. The number of carbonyl (C=O) groups is 1. The van der Waals surface area contributed by atoms with E-state index < -0.39 is 5.91 Å². The highest BCUT2D eigenvalue weighted by Gasteiger charge is 2.22. The predicted octanol–water partition coefficient (Wildman–Crippen LogP) is 1.33. The Labute approximate surface area is 111 Å². The number of nitrogens with zero attached hydrogens (tertiary/aromatic N) is 1. The minimum absolute atomic E-state index is 0.441. The highest BCUT2D eigenvalue weighted by atomic mass is 32.1. The van der Waals surface area contributed by atoms with Crippen molar-refractivity contribution in [2.45, 2.75) is 25.8 Å². The van der Waals surface area contributed by atoms with Gasteiger partial charge in [-0.2, -0.15) is 0 Å². The summed E-state index contributed by atoms with van der Waals surface area (Å²) < 4.78 is 0. The number of carbonyl (C=O) groups excluding carboxylic acids is 1. The molecule has 1 atom stereocenters. The van der Waals surface area contributed by atoms with E-state index in [4.69, 9.17) is 11.5 Å². The molecule has 5 nitrogen and oxygen atoms in total. The fourth-order valence-corrected chi connectivity index (χ4v) is 3.28. The fraction of sp³-hybridized carbons (Fsp3) is 0.583. The lowest BCUT2D eigenvalue weighted by molar-refractivity contribution is 0.100. The second-order valence-corrected chi connectivity index (χ2v) is 5.62. The second-order valence-electron chi connectivity index (χ2n) is 4.56. The van der Waals surface area contributed by atoms with Gasteiger partial charge in [-0.15, -0.1) is 11.3 Å². The molecule has 0 radical (unpaired) electrons. The normalized spacial score (nSPS) is 20.2. The topological polar surface area (TPSA) is 84.4 Å². The molecule has 1 amide bonds. The Bertz CT molecular complexity index is 432. The van der Waals surface area contributed by atoms with Gasteiger partial charge in [-0.3, -0.25) is 9.69 Å². The van der Waals surface area contributed by atoms with Gasteiger partial charge in [-0.25, -0.2) is 0 Å². The van der Waals surface area contributed by atoms with Crippen LogP contribution in [-0.4, -0.2) is 36.5 Å². The maximum absolute atomic E-state index is 11.1. The zero-order chi connectivity index (χ0) is 13.1. The molecule has 18 heavy (non-hydrogen) atoms. The number of nitrogens with two attached hydrogens (primary N) is 2. The number of hydrogen-bond donors (Lipinski definition) is 3. The summed E-state index contributed by atoms with van der Waals surface area (Å²) >= 11 is 1.33. The molecule has 100 valence electrons. The average Bonchev–Trinajstić information content (AvgIpc) is 2.92. The highest BCUT2D eigenvalue weighted by Crippen LogP contribution is 2.29. The number of thiophene rings is 1. The molecule has 1 aromatic heterocycles. The lowest BCUT2D eigenvalue weighted by Gasteiger charge is -2.22. The first kappa shape index (κ1) is 13.2. The Morgan fingerprint density at radius 2 is 2.44 bits per heavy atom. The summed E-state index contributed by atoms with van der Waals surface area (Å²) in [6, 6.07) is 2.37. The van der Waals surface area contributed by atoms with E-state index in [1.807, 2.05) is 0 Å². The predicted molar refractivity (Wildman–Crippen MR) is 76.0 cm³/mol. The van der Waals surface area contributed by atoms with E-state index in [1.54, 1.807) is 6.07 Å². The van der Waals surface area contributed by atoms with Crippen molar-refractivity contribution in [2.75, 3.05) is 30.7 Å². The van der Waals surface area contributed by atoms with Crippen molar-refractivity contribution in [2.24, 2.45) is 5.73 Å². The number of anilines is 2. The number of likely N-dealkylation sites (tertiary alicyclic amines) is 1. The van der Waals surface area contributed by atoms with Gasteiger partial charge in [0.2, 0.25) is 0 Å². The van der Waals surface area contributed by atoms with Gasteiger partial charge in [0.15, 0.2) is 0 Å². The minimum Gasteiger partial charge on any atom is -0.397 e. The van der Waals surface area contributed by atoms with Gasteiger partial charge in [0.25, 0.3) is 5.91 Å². The van der Waals surface area contributed by atoms with E-state index in [1.165, 1.54) is 30.7 Å². The van der Waals surface area contributed by atoms with Crippen LogP contribution < -0.4 is 16.8 Å². The molecular weight excluding hydrogens is 248 g/mol. The lowest BCUT2D eigenvalue weighted by atomic mass is 10.2. The number of amides is 1. The molecule has 0 aliphatic carbocycles. The van der Waals surface area contributed by atoms with Gasteiger partial charge in [0, 0.05) is 12.6 Å². The Kier molecular flexibility index (Phi) is 4.08. The number of nitrogen functional groups attached to an aromatic ring is 1. The molecule has 6 heteroatoms. The summed E-state index contributed by atoms with van der Waals surface area (Å²) in [5.41, 5.74) is 11.5. The molecule has 1 aromatic rings. The molecule has 1 unspecified atom stereocenters. The van der Waals surface area contributed by atoms with Gasteiger partial charge in [0.05, 0.1) is 10.7 Å². The molecule has 5 N–H and O–H groups in total. The summed E-state index contributed by atoms with van der Waals surface area (Å²) in [5.74, 6) is -0.457. The van der Waals surface area contributed by atoms with E-state index in [9.17, 15) is 4.79 Å².